The van der Waals surface area contributed by atoms with Gasteiger partial charge in [0.1, 0.15) is 23.3 Å². The number of rotatable bonds is 9. The van der Waals surface area contributed by atoms with Crippen LogP contribution in [-0.2, 0) is 30.7 Å². The van der Waals surface area contributed by atoms with Crippen molar-refractivity contribution in [2.45, 2.75) is 69.4 Å². The maximum atomic E-state index is 14.3. The fourth-order valence-electron chi connectivity index (χ4n) is 5.10. The molecule has 10 nitrogen and oxygen atoms in total. The standard InChI is InChI=1S/C35H39FN4O6S/c1-33(2,3)30(31(41)42)40(32(43)46-34(4,5)6)29-11-7-10-28(39-29)35(37,47(44,45)27-9-8-20-38-22-27)21-23-12-14-24(15-13-23)25-16-18-26(36)19-17-25/h7-20,22,30H,21,37H2,1-6H3,(H,41,42). The molecule has 0 aliphatic heterocycles. The van der Waals surface area contributed by atoms with Crippen molar-refractivity contribution >= 4 is 27.7 Å². The molecule has 2 heterocycles. The minimum atomic E-state index is -4.42. The van der Waals surface area contributed by atoms with Crippen LogP contribution in [0.3, 0.4) is 0 Å². The van der Waals surface area contributed by atoms with Crippen molar-refractivity contribution in [3.8, 4) is 11.1 Å². The SMILES string of the molecule is CC(C)(C)OC(=O)N(c1cccc(C(N)(Cc2ccc(-c3ccc(F)cc3)cc2)S(=O)(=O)c2cccnc2)n1)C(C(=O)O)C(C)(C)C. The molecule has 0 bridgehead atoms. The summed E-state index contributed by atoms with van der Waals surface area (Å²) in [6, 6.07) is 18.7. The predicted molar refractivity (Wildman–Crippen MR) is 177 cm³/mol. The number of halogens is 1. The lowest BCUT2D eigenvalue weighted by atomic mass is 9.85. The zero-order valence-electron chi connectivity index (χ0n) is 27.1. The topological polar surface area (TPSA) is 153 Å². The van der Waals surface area contributed by atoms with E-state index in [0.717, 1.165) is 16.0 Å². The zero-order valence-corrected chi connectivity index (χ0v) is 28.0. The molecule has 0 saturated carbocycles. The van der Waals surface area contributed by atoms with Gasteiger partial charge in [-0.25, -0.2) is 32.3 Å². The van der Waals surface area contributed by atoms with Crippen molar-refractivity contribution in [3.05, 3.63) is 108 Å². The van der Waals surface area contributed by atoms with Gasteiger partial charge in [0.15, 0.2) is 4.87 Å². The van der Waals surface area contributed by atoms with Crippen molar-refractivity contribution in [1.82, 2.24) is 9.97 Å². The Hall–Kier alpha value is -4.68. The van der Waals surface area contributed by atoms with Gasteiger partial charge < -0.3 is 15.6 Å². The van der Waals surface area contributed by atoms with Crippen LogP contribution in [0.1, 0.15) is 52.8 Å². The van der Waals surface area contributed by atoms with Gasteiger partial charge in [-0.05, 0) is 79.3 Å². The molecule has 12 heteroatoms. The highest BCUT2D eigenvalue weighted by Crippen LogP contribution is 2.36. The van der Waals surface area contributed by atoms with Gasteiger partial charge in [0.05, 0.1) is 10.6 Å². The van der Waals surface area contributed by atoms with E-state index in [-0.39, 0.29) is 28.6 Å². The number of pyridine rings is 2. The van der Waals surface area contributed by atoms with E-state index < -0.39 is 43.8 Å². The molecule has 0 fully saturated rings. The maximum absolute atomic E-state index is 14.3. The lowest BCUT2D eigenvalue weighted by molar-refractivity contribution is -0.141. The van der Waals surface area contributed by atoms with Gasteiger partial charge >= 0.3 is 12.1 Å². The van der Waals surface area contributed by atoms with Crippen LogP contribution in [0.15, 0.2) is 96.2 Å². The first-order chi connectivity index (χ1) is 21.8. The molecular weight excluding hydrogens is 623 g/mol. The molecule has 0 spiro atoms. The Labute approximate surface area is 274 Å². The number of carboxylic acid groups (broad SMARTS) is 1. The van der Waals surface area contributed by atoms with E-state index in [2.05, 4.69) is 9.97 Å². The number of carboxylic acids is 1. The third kappa shape index (κ3) is 7.83. The first-order valence-corrected chi connectivity index (χ1v) is 16.3. The number of benzene rings is 2. The van der Waals surface area contributed by atoms with Crippen molar-refractivity contribution in [2.24, 2.45) is 11.1 Å². The number of carbonyl (C=O) groups is 2. The van der Waals surface area contributed by atoms with E-state index in [9.17, 15) is 27.5 Å². The van der Waals surface area contributed by atoms with Crippen LogP contribution in [-0.4, -0.2) is 47.2 Å². The monoisotopic (exact) mass is 662 g/mol. The Balaban J connectivity index is 1.88. The smallest absolute Gasteiger partial charge is 0.416 e. The number of carbonyl (C=O) groups excluding carboxylic acids is 1. The number of hydrogen-bond acceptors (Lipinski definition) is 8. The Morgan fingerprint density at radius 1 is 0.915 bits per heavy atom. The number of nitrogens with zero attached hydrogens (tertiary/aromatic N) is 3. The van der Waals surface area contributed by atoms with Gasteiger partial charge in [-0.2, -0.15) is 0 Å². The van der Waals surface area contributed by atoms with Gasteiger partial charge in [-0.1, -0.05) is 63.2 Å². The Morgan fingerprint density at radius 3 is 2.02 bits per heavy atom. The van der Waals surface area contributed by atoms with Gasteiger partial charge in [0.25, 0.3) is 0 Å². The van der Waals surface area contributed by atoms with Gasteiger partial charge in [-0.3, -0.25) is 4.98 Å². The maximum Gasteiger partial charge on any atom is 0.416 e. The number of aliphatic carboxylic acids is 1. The molecule has 2 aromatic heterocycles. The highest BCUT2D eigenvalue weighted by Gasteiger charge is 2.47. The first kappa shape index (κ1) is 35.2. The number of anilines is 1. The minimum absolute atomic E-state index is 0.131. The fraction of sp³-hybridized carbons (Fsp3) is 0.314. The summed E-state index contributed by atoms with van der Waals surface area (Å²) >= 11 is 0. The number of sulfone groups is 1. The Morgan fingerprint density at radius 2 is 1.51 bits per heavy atom. The minimum Gasteiger partial charge on any atom is -0.480 e. The number of hydrogen-bond donors (Lipinski definition) is 2. The van der Waals surface area contributed by atoms with Crippen molar-refractivity contribution in [1.29, 1.82) is 0 Å². The Kier molecular flexibility index (Phi) is 9.88. The van der Waals surface area contributed by atoms with Crippen molar-refractivity contribution < 1.29 is 32.2 Å². The quantitative estimate of drug-likeness (QED) is 0.209. The first-order valence-electron chi connectivity index (χ1n) is 14.8. The van der Waals surface area contributed by atoms with E-state index in [1.807, 2.05) is 0 Å². The summed E-state index contributed by atoms with van der Waals surface area (Å²) in [5.41, 5.74) is 6.91. The van der Waals surface area contributed by atoms with Gasteiger partial charge in [0, 0.05) is 18.8 Å². The van der Waals surface area contributed by atoms with Crippen molar-refractivity contribution in [3.63, 3.8) is 0 Å². The van der Waals surface area contributed by atoms with Crippen LogP contribution >= 0.6 is 0 Å². The molecule has 3 N–H and O–H groups in total. The van der Waals surface area contributed by atoms with Crippen LogP contribution < -0.4 is 10.6 Å². The third-order valence-corrected chi connectivity index (χ3v) is 9.51. The fourth-order valence-corrected chi connectivity index (χ4v) is 6.73. The summed E-state index contributed by atoms with van der Waals surface area (Å²) in [5.74, 6) is -1.82. The normalized spacial score (nSPS) is 14.1. The second-order valence-electron chi connectivity index (χ2n) is 13.3. The number of nitrogens with two attached hydrogens (primary N) is 1. The van der Waals surface area contributed by atoms with Crippen molar-refractivity contribution in [2.75, 3.05) is 4.90 Å². The summed E-state index contributed by atoms with van der Waals surface area (Å²) in [6.07, 6.45) is 1.39. The number of amides is 1. The van der Waals surface area contributed by atoms with E-state index in [1.54, 1.807) is 77.9 Å². The molecule has 0 saturated heterocycles. The lowest BCUT2D eigenvalue weighted by Gasteiger charge is -2.37. The summed E-state index contributed by atoms with van der Waals surface area (Å²) in [6.45, 7) is 9.90. The predicted octanol–water partition coefficient (Wildman–Crippen LogP) is 6.35. The average molecular weight is 663 g/mol. The molecule has 4 rings (SSSR count). The summed E-state index contributed by atoms with van der Waals surface area (Å²) in [5, 5.41) is 10.3. The second kappa shape index (κ2) is 13.2. The lowest BCUT2D eigenvalue weighted by Crippen LogP contribution is -2.54. The number of ether oxygens (including phenoxy) is 1. The van der Waals surface area contributed by atoms with Crippen LogP contribution in [0.5, 0.6) is 0 Å². The summed E-state index contributed by atoms with van der Waals surface area (Å²) < 4.78 is 47.7. The van der Waals surface area contributed by atoms with E-state index in [0.29, 0.717) is 5.56 Å². The number of aromatic nitrogens is 2. The summed E-state index contributed by atoms with van der Waals surface area (Å²) in [4.78, 5) is 33.3. The second-order valence-corrected chi connectivity index (χ2v) is 15.5. The zero-order chi connectivity index (χ0) is 34.8. The highest BCUT2D eigenvalue weighted by atomic mass is 32.2. The molecular formula is C35H39FN4O6S. The van der Waals surface area contributed by atoms with Gasteiger partial charge in [-0.15, -0.1) is 0 Å². The molecule has 4 aromatic rings. The molecule has 47 heavy (non-hydrogen) atoms. The van der Waals surface area contributed by atoms with E-state index >= 15 is 0 Å². The van der Waals surface area contributed by atoms with E-state index in [4.69, 9.17) is 10.5 Å². The molecule has 1 amide bonds. The molecule has 0 aliphatic carbocycles. The van der Waals surface area contributed by atoms with Crippen LogP contribution in [0.25, 0.3) is 11.1 Å². The molecule has 2 aromatic carbocycles. The largest absolute Gasteiger partial charge is 0.480 e. The highest BCUT2D eigenvalue weighted by molar-refractivity contribution is 7.92. The average Bonchev–Trinajstić information content (AvgIpc) is 2.99. The molecule has 2 unspecified atom stereocenters. The molecule has 248 valence electrons. The van der Waals surface area contributed by atoms with Gasteiger partial charge in [0.2, 0.25) is 9.84 Å². The molecule has 0 aliphatic rings. The van der Waals surface area contributed by atoms with Crippen LogP contribution in [0.2, 0.25) is 0 Å². The Bertz CT molecular complexity index is 1840. The third-order valence-electron chi connectivity index (χ3n) is 7.34. The van der Waals surface area contributed by atoms with Crippen LogP contribution in [0.4, 0.5) is 15.0 Å². The van der Waals surface area contributed by atoms with E-state index in [1.165, 1.54) is 54.9 Å². The summed E-state index contributed by atoms with van der Waals surface area (Å²) in [7, 11) is -4.42. The van der Waals surface area contributed by atoms with Crippen LogP contribution in [0, 0.1) is 11.2 Å². The molecule has 0 radical (unpaired) electrons. The molecule has 2 atom stereocenters.